The van der Waals surface area contributed by atoms with Gasteiger partial charge >= 0.3 is 0 Å². The van der Waals surface area contributed by atoms with Crippen LogP contribution < -0.4 is 5.32 Å². The Labute approximate surface area is 121 Å². The Balaban J connectivity index is 2.20. The molecule has 0 saturated carbocycles. The number of hydrogen-bond donors (Lipinski definition) is 1. The van der Waals surface area contributed by atoms with Crippen LogP contribution in [0.2, 0.25) is 0 Å². The van der Waals surface area contributed by atoms with E-state index in [0.29, 0.717) is 11.6 Å². The third kappa shape index (κ3) is 3.28. The number of aromatic nitrogens is 1. The summed E-state index contributed by atoms with van der Waals surface area (Å²) in [5.41, 5.74) is 0.715. The van der Waals surface area contributed by atoms with Crippen molar-refractivity contribution in [3.05, 3.63) is 23.9 Å². The van der Waals surface area contributed by atoms with Gasteiger partial charge in [0.2, 0.25) is 0 Å². The van der Waals surface area contributed by atoms with E-state index in [1.54, 1.807) is 12.3 Å². The Kier molecular flexibility index (Phi) is 4.95. The van der Waals surface area contributed by atoms with Crippen LogP contribution >= 0.6 is 0 Å². The topological polar surface area (TPSA) is 48.5 Å². The Morgan fingerprint density at radius 3 is 3.00 bits per heavy atom. The van der Waals surface area contributed by atoms with Crippen LogP contribution in [-0.2, 0) is 0 Å². The number of nitrogens with zero attached hydrogens (tertiary/aromatic N) is 3. The molecule has 1 atom stereocenters. The van der Waals surface area contributed by atoms with E-state index in [9.17, 15) is 4.79 Å². The second kappa shape index (κ2) is 6.70. The minimum absolute atomic E-state index is 0.117. The maximum atomic E-state index is 12.7. The molecule has 0 radical (unpaired) electrons. The molecule has 5 heteroatoms. The van der Waals surface area contributed by atoms with E-state index >= 15 is 0 Å². The van der Waals surface area contributed by atoms with Crippen molar-refractivity contribution in [2.24, 2.45) is 0 Å². The van der Waals surface area contributed by atoms with E-state index in [1.165, 1.54) is 0 Å². The molecule has 2 rings (SSSR count). The summed E-state index contributed by atoms with van der Waals surface area (Å²) in [5, 5.41) is 2.98. The highest BCUT2D eigenvalue weighted by molar-refractivity contribution is 5.95. The smallest absolute Gasteiger partial charge is 0.254 e. The zero-order chi connectivity index (χ0) is 14.5. The number of anilines is 1. The Hall–Kier alpha value is -1.62. The summed E-state index contributed by atoms with van der Waals surface area (Å²) in [7, 11) is 3.94. The monoisotopic (exact) mass is 276 g/mol. The van der Waals surface area contributed by atoms with E-state index in [2.05, 4.69) is 29.2 Å². The molecule has 20 heavy (non-hydrogen) atoms. The summed E-state index contributed by atoms with van der Waals surface area (Å²) < 4.78 is 0. The third-order valence-corrected chi connectivity index (χ3v) is 3.90. The maximum Gasteiger partial charge on any atom is 0.254 e. The second-order valence-electron chi connectivity index (χ2n) is 5.36. The van der Waals surface area contributed by atoms with E-state index < -0.39 is 0 Å². The third-order valence-electron chi connectivity index (χ3n) is 3.90. The van der Waals surface area contributed by atoms with Crippen LogP contribution in [0.25, 0.3) is 0 Å². The zero-order valence-corrected chi connectivity index (χ0v) is 12.6. The molecule has 1 N–H and O–H groups in total. The minimum atomic E-state index is 0.117. The fraction of sp³-hybridized carbons (Fsp3) is 0.600. The van der Waals surface area contributed by atoms with Crippen LogP contribution in [0.3, 0.4) is 0 Å². The molecule has 1 aliphatic rings. The van der Waals surface area contributed by atoms with Crippen molar-refractivity contribution in [3.8, 4) is 0 Å². The number of likely N-dealkylation sites (N-methyl/N-ethyl adjacent to an activating group) is 1. The Morgan fingerprint density at radius 1 is 1.50 bits per heavy atom. The van der Waals surface area contributed by atoms with Crippen LogP contribution in [-0.4, -0.2) is 60.5 Å². The van der Waals surface area contributed by atoms with Crippen molar-refractivity contribution in [1.82, 2.24) is 14.8 Å². The van der Waals surface area contributed by atoms with Gasteiger partial charge in [0.15, 0.2) is 0 Å². The molecule has 0 spiro atoms. The molecule has 1 aliphatic heterocycles. The summed E-state index contributed by atoms with van der Waals surface area (Å²) in [4.78, 5) is 21.3. The first kappa shape index (κ1) is 14.8. The largest absolute Gasteiger partial charge is 0.373 e. The van der Waals surface area contributed by atoms with Gasteiger partial charge in [0.25, 0.3) is 5.91 Å². The van der Waals surface area contributed by atoms with Crippen LogP contribution in [0.5, 0.6) is 0 Å². The van der Waals surface area contributed by atoms with E-state index in [-0.39, 0.29) is 5.91 Å². The van der Waals surface area contributed by atoms with Crippen molar-refractivity contribution in [2.45, 2.75) is 25.8 Å². The highest BCUT2D eigenvalue weighted by Gasteiger charge is 2.26. The Morgan fingerprint density at radius 2 is 2.30 bits per heavy atom. The van der Waals surface area contributed by atoms with Gasteiger partial charge in [-0.1, -0.05) is 6.92 Å². The van der Waals surface area contributed by atoms with E-state index in [0.717, 1.165) is 38.3 Å². The Bertz CT molecular complexity index is 463. The quantitative estimate of drug-likeness (QED) is 0.912. The van der Waals surface area contributed by atoms with Gasteiger partial charge in [0.1, 0.15) is 5.82 Å². The molecule has 1 aromatic rings. The summed E-state index contributed by atoms with van der Waals surface area (Å²) in [5.74, 6) is 0.849. The lowest BCUT2D eigenvalue weighted by atomic mass is 10.1. The lowest BCUT2D eigenvalue weighted by Gasteiger charge is -2.30. The van der Waals surface area contributed by atoms with Crippen LogP contribution in [0.4, 0.5) is 5.82 Å². The first-order chi connectivity index (χ1) is 9.65. The van der Waals surface area contributed by atoms with Crippen molar-refractivity contribution in [3.63, 3.8) is 0 Å². The van der Waals surface area contributed by atoms with Gasteiger partial charge in [-0.15, -0.1) is 0 Å². The normalized spacial score (nSPS) is 20.6. The molecule has 5 nitrogen and oxygen atoms in total. The summed E-state index contributed by atoms with van der Waals surface area (Å²) in [6.07, 6.45) is 3.70. The molecular formula is C15H24N4O. The lowest BCUT2D eigenvalue weighted by Crippen LogP contribution is -2.43. The van der Waals surface area contributed by atoms with Gasteiger partial charge in [-0.05, 0) is 38.6 Å². The van der Waals surface area contributed by atoms with Gasteiger partial charge < -0.3 is 15.1 Å². The highest BCUT2D eigenvalue weighted by Crippen LogP contribution is 2.17. The number of hydrogen-bond acceptors (Lipinski definition) is 4. The van der Waals surface area contributed by atoms with Gasteiger partial charge in [-0.2, -0.15) is 0 Å². The predicted molar refractivity (Wildman–Crippen MR) is 81.0 cm³/mol. The molecule has 1 aromatic heterocycles. The second-order valence-corrected chi connectivity index (χ2v) is 5.36. The standard InChI is InChI=1S/C15H24N4O/c1-4-13-11-18(3)8-5-9-19(13)15(20)12-6-7-17-14(10-12)16-2/h6-7,10,13H,4-5,8-9,11H2,1-3H3,(H,16,17). The fourth-order valence-electron chi connectivity index (χ4n) is 2.73. The minimum Gasteiger partial charge on any atom is -0.373 e. The first-order valence-corrected chi connectivity index (χ1v) is 7.29. The van der Waals surface area contributed by atoms with E-state index in [4.69, 9.17) is 0 Å². The van der Waals surface area contributed by atoms with Crippen molar-refractivity contribution in [1.29, 1.82) is 0 Å². The molecule has 1 fully saturated rings. The lowest BCUT2D eigenvalue weighted by molar-refractivity contribution is 0.0675. The first-order valence-electron chi connectivity index (χ1n) is 7.29. The summed E-state index contributed by atoms with van der Waals surface area (Å²) in [6, 6.07) is 3.91. The molecule has 1 unspecified atom stereocenters. The number of carbonyl (C=O) groups is 1. The molecule has 1 saturated heterocycles. The summed E-state index contributed by atoms with van der Waals surface area (Å²) >= 11 is 0. The van der Waals surface area contributed by atoms with Crippen LogP contribution in [0.1, 0.15) is 30.1 Å². The molecule has 1 amide bonds. The molecule has 2 heterocycles. The van der Waals surface area contributed by atoms with Crippen LogP contribution in [0, 0.1) is 0 Å². The summed E-state index contributed by atoms with van der Waals surface area (Å²) in [6.45, 7) is 4.99. The fourth-order valence-corrected chi connectivity index (χ4v) is 2.73. The van der Waals surface area contributed by atoms with E-state index in [1.807, 2.05) is 18.0 Å². The van der Waals surface area contributed by atoms with Gasteiger partial charge in [0.05, 0.1) is 0 Å². The number of carbonyl (C=O) groups excluding carboxylic acids is 1. The predicted octanol–water partition coefficient (Wildman–Crippen LogP) is 1.68. The van der Waals surface area contributed by atoms with Gasteiger partial charge in [0, 0.05) is 37.9 Å². The van der Waals surface area contributed by atoms with Crippen molar-refractivity contribution < 1.29 is 4.79 Å². The number of rotatable bonds is 3. The van der Waals surface area contributed by atoms with Crippen molar-refractivity contribution in [2.75, 3.05) is 39.0 Å². The van der Waals surface area contributed by atoms with Crippen LogP contribution in [0.15, 0.2) is 18.3 Å². The molecule has 110 valence electrons. The number of pyridine rings is 1. The maximum absolute atomic E-state index is 12.7. The van der Waals surface area contributed by atoms with Gasteiger partial charge in [-0.3, -0.25) is 4.79 Å². The molecule has 0 aliphatic carbocycles. The average Bonchev–Trinajstić information content (AvgIpc) is 2.67. The number of nitrogens with one attached hydrogen (secondary N) is 1. The average molecular weight is 276 g/mol. The SMILES string of the molecule is CCC1CN(C)CCCN1C(=O)c1ccnc(NC)c1. The van der Waals surface area contributed by atoms with Gasteiger partial charge in [-0.25, -0.2) is 4.98 Å². The number of amides is 1. The molecule has 0 aromatic carbocycles. The zero-order valence-electron chi connectivity index (χ0n) is 12.6. The molecule has 0 bridgehead atoms. The molecular weight excluding hydrogens is 252 g/mol. The van der Waals surface area contributed by atoms with Crippen molar-refractivity contribution >= 4 is 11.7 Å². The highest BCUT2D eigenvalue weighted by atomic mass is 16.2.